The van der Waals surface area contributed by atoms with Crippen molar-refractivity contribution in [3.8, 4) is 5.75 Å². The quantitative estimate of drug-likeness (QED) is 0.846. The molecule has 0 saturated carbocycles. The standard InChI is InChI=1S/C13H18F3NO/c1-3-4-12(9-17-2)18-11-7-5-10(6-8-11)13(14,15)16/h5-8,12,17H,3-4,9H2,1-2H3. The van der Waals surface area contributed by atoms with E-state index in [2.05, 4.69) is 5.32 Å². The van der Waals surface area contributed by atoms with Crippen LogP contribution in [0.4, 0.5) is 13.2 Å². The summed E-state index contributed by atoms with van der Waals surface area (Å²) >= 11 is 0. The number of hydrogen-bond donors (Lipinski definition) is 1. The van der Waals surface area contributed by atoms with E-state index in [1.807, 2.05) is 14.0 Å². The zero-order valence-corrected chi connectivity index (χ0v) is 10.6. The van der Waals surface area contributed by atoms with Crippen LogP contribution in [0.5, 0.6) is 5.75 Å². The van der Waals surface area contributed by atoms with Crippen molar-refractivity contribution in [2.75, 3.05) is 13.6 Å². The monoisotopic (exact) mass is 261 g/mol. The van der Waals surface area contributed by atoms with E-state index in [9.17, 15) is 13.2 Å². The Morgan fingerprint density at radius 2 is 1.83 bits per heavy atom. The van der Waals surface area contributed by atoms with Gasteiger partial charge in [-0.05, 0) is 37.7 Å². The van der Waals surface area contributed by atoms with E-state index < -0.39 is 11.7 Å². The van der Waals surface area contributed by atoms with Gasteiger partial charge in [-0.25, -0.2) is 0 Å². The molecule has 0 radical (unpaired) electrons. The maximum Gasteiger partial charge on any atom is 0.416 e. The summed E-state index contributed by atoms with van der Waals surface area (Å²) in [6.45, 7) is 2.72. The molecule has 0 spiro atoms. The SMILES string of the molecule is CCCC(CNC)Oc1ccc(C(F)(F)F)cc1. The maximum atomic E-state index is 12.4. The molecule has 1 unspecified atom stereocenters. The van der Waals surface area contributed by atoms with E-state index in [0.717, 1.165) is 25.0 Å². The van der Waals surface area contributed by atoms with Crippen molar-refractivity contribution < 1.29 is 17.9 Å². The summed E-state index contributed by atoms with van der Waals surface area (Å²) in [5, 5.41) is 3.00. The highest BCUT2D eigenvalue weighted by atomic mass is 19.4. The highest BCUT2D eigenvalue weighted by molar-refractivity contribution is 5.29. The van der Waals surface area contributed by atoms with Gasteiger partial charge in [-0.2, -0.15) is 13.2 Å². The summed E-state index contributed by atoms with van der Waals surface area (Å²) < 4.78 is 42.8. The van der Waals surface area contributed by atoms with Gasteiger partial charge in [0.05, 0.1) is 5.56 Å². The minimum absolute atomic E-state index is 0.0169. The predicted octanol–water partition coefficient (Wildman–Crippen LogP) is 3.47. The Morgan fingerprint density at radius 3 is 2.28 bits per heavy atom. The molecule has 1 rings (SSSR count). The number of alkyl halides is 3. The van der Waals surface area contributed by atoms with E-state index in [-0.39, 0.29) is 6.10 Å². The van der Waals surface area contributed by atoms with Crippen LogP contribution in [0.2, 0.25) is 0 Å². The summed E-state index contributed by atoms with van der Waals surface area (Å²) in [6, 6.07) is 4.80. The lowest BCUT2D eigenvalue weighted by Crippen LogP contribution is -2.29. The van der Waals surface area contributed by atoms with Crippen LogP contribution in [0.1, 0.15) is 25.3 Å². The van der Waals surface area contributed by atoms with Gasteiger partial charge in [0.2, 0.25) is 0 Å². The molecular formula is C13H18F3NO. The summed E-state index contributed by atoms with van der Waals surface area (Å²) in [6.07, 6.45) is -2.49. The second-order valence-corrected chi connectivity index (χ2v) is 4.11. The average molecular weight is 261 g/mol. The van der Waals surface area contributed by atoms with E-state index in [1.54, 1.807) is 0 Å². The fourth-order valence-electron chi connectivity index (χ4n) is 1.67. The lowest BCUT2D eigenvalue weighted by Gasteiger charge is -2.18. The lowest BCUT2D eigenvalue weighted by molar-refractivity contribution is -0.137. The van der Waals surface area contributed by atoms with Gasteiger partial charge in [0.15, 0.2) is 0 Å². The Labute approximate surface area is 105 Å². The molecule has 0 aromatic heterocycles. The molecule has 102 valence electrons. The predicted molar refractivity (Wildman–Crippen MR) is 64.7 cm³/mol. The van der Waals surface area contributed by atoms with E-state index in [0.29, 0.717) is 12.3 Å². The average Bonchev–Trinajstić information content (AvgIpc) is 2.29. The summed E-state index contributed by atoms with van der Waals surface area (Å²) in [5.74, 6) is 0.469. The topological polar surface area (TPSA) is 21.3 Å². The lowest BCUT2D eigenvalue weighted by atomic mass is 10.2. The molecular weight excluding hydrogens is 243 g/mol. The molecule has 5 heteroatoms. The van der Waals surface area contributed by atoms with Gasteiger partial charge in [0, 0.05) is 6.54 Å². The molecule has 0 aliphatic carbocycles. The van der Waals surface area contributed by atoms with Gasteiger partial charge in [-0.15, -0.1) is 0 Å². The minimum atomic E-state index is -4.30. The van der Waals surface area contributed by atoms with E-state index in [1.165, 1.54) is 12.1 Å². The molecule has 1 atom stereocenters. The Balaban J connectivity index is 2.67. The molecule has 0 bridgehead atoms. The van der Waals surface area contributed by atoms with Crippen molar-refractivity contribution in [1.82, 2.24) is 5.32 Å². The first kappa shape index (κ1) is 14.8. The first-order chi connectivity index (χ1) is 8.47. The number of halogens is 3. The zero-order chi connectivity index (χ0) is 13.6. The van der Waals surface area contributed by atoms with E-state index in [4.69, 9.17) is 4.74 Å². The molecule has 0 amide bonds. The van der Waals surface area contributed by atoms with Gasteiger partial charge in [0.1, 0.15) is 11.9 Å². The van der Waals surface area contributed by atoms with Crippen molar-refractivity contribution in [3.05, 3.63) is 29.8 Å². The van der Waals surface area contributed by atoms with Gasteiger partial charge in [0.25, 0.3) is 0 Å². The number of likely N-dealkylation sites (N-methyl/N-ethyl adjacent to an activating group) is 1. The van der Waals surface area contributed by atoms with Crippen LogP contribution in [0.25, 0.3) is 0 Å². The van der Waals surface area contributed by atoms with Crippen LogP contribution in [0.15, 0.2) is 24.3 Å². The summed E-state index contributed by atoms with van der Waals surface area (Å²) in [5.41, 5.74) is -0.657. The summed E-state index contributed by atoms with van der Waals surface area (Å²) in [7, 11) is 1.82. The van der Waals surface area contributed by atoms with Gasteiger partial charge >= 0.3 is 6.18 Å². The molecule has 18 heavy (non-hydrogen) atoms. The van der Waals surface area contributed by atoms with Crippen LogP contribution >= 0.6 is 0 Å². The van der Waals surface area contributed by atoms with Crippen LogP contribution in [0, 0.1) is 0 Å². The molecule has 0 saturated heterocycles. The first-order valence-corrected chi connectivity index (χ1v) is 5.96. The molecule has 0 aliphatic rings. The molecule has 0 heterocycles. The van der Waals surface area contributed by atoms with E-state index >= 15 is 0 Å². The third kappa shape index (κ3) is 4.56. The fourth-order valence-corrected chi connectivity index (χ4v) is 1.67. The van der Waals surface area contributed by atoms with Crippen LogP contribution in [-0.4, -0.2) is 19.7 Å². The Hall–Kier alpha value is -1.23. The van der Waals surface area contributed by atoms with Crippen molar-refractivity contribution in [1.29, 1.82) is 0 Å². The van der Waals surface area contributed by atoms with Gasteiger partial charge < -0.3 is 10.1 Å². The van der Waals surface area contributed by atoms with Crippen LogP contribution in [0.3, 0.4) is 0 Å². The molecule has 1 N–H and O–H groups in total. The third-order valence-electron chi connectivity index (χ3n) is 2.53. The van der Waals surface area contributed by atoms with Crippen molar-refractivity contribution in [2.24, 2.45) is 0 Å². The summed E-state index contributed by atoms with van der Waals surface area (Å²) in [4.78, 5) is 0. The van der Waals surface area contributed by atoms with Crippen LogP contribution in [-0.2, 0) is 6.18 Å². The smallest absolute Gasteiger partial charge is 0.416 e. The number of rotatable bonds is 6. The van der Waals surface area contributed by atoms with Crippen molar-refractivity contribution in [3.63, 3.8) is 0 Å². The number of nitrogens with one attached hydrogen (secondary N) is 1. The fraction of sp³-hybridized carbons (Fsp3) is 0.538. The largest absolute Gasteiger partial charge is 0.489 e. The van der Waals surface area contributed by atoms with Crippen molar-refractivity contribution >= 4 is 0 Å². The second kappa shape index (κ2) is 6.64. The van der Waals surface area contributed by atoms with Gasteiger partial charge in [-0.1, -0.05) is 13.3 Å². The number of hydrogen-bond acceptors (Lipinski definition) is 2. The Bertz CT molecular complexity index is 342. The molecule has 0 fully saturated rings. The maximum absolute atomic E-state index is 12.4. The zero-order valence-electron chi connectivity index (χ0n) is 10.6. The molecule has 1 aromatic rings. The second-order valence-electron chi connectivity index (χ2n) is 4.11. The molecule has 1 aromatic carbocycles. The Morgan fingerprint density at radius 1 is 1.22 bits per heavy atom. The highest BCUT2D eigenvalue weighted by Crippen LogP contribution is 2.30. The normalized spacial score (nSPS) is 13.4. The van der Waals surface area contributed by atoms with Gasteiger partial charge in [-0.3, -0.25) is 0 Å². The minimum Gasteiger partial charge on any atom is -0.489 e. The highest BCUT2D eigenvalue weighted by Gasteiger charge is 2.30. The first-order valence-electron chi connectivity index (χ1n) is 5.96. The van der Waals surface area contributed by atoms with Crippen molar-refractivity contribution in [2.45, 2.75) is 32.0 Å². The molecule has 2 nitrogen and oxygen atoms in total. The number of benzene rings is 1. The Kier molecular flexibility index (Phi) is 5.47. The third-order valence-corrected chi connectivity index (χ3v) is 2.53. The van der Waals surface area contributed by atoms with Crippen LogP contribution < -0.4 is 10.1 Å². The number of ether oxygens (including phenoxy) is 1. The molecule has 0 aliphatic heterocycles.